The number of imide groups is 2. The summed E-state index contributed by atoms with van der Waals surface area (Å²) < 4.78 is 11.7. The fourth-order valence-corrected chi connectivity index (χ4v) is 5.42. The smallest absolute Gasteiger partial charge is 0.410 e. The molecule has 1 saturated carbocycles. The highest BCUT2D eigenvalue weighted by molar-refractivity contribution is 6.25. The number of ether oxygens (including phenoxy) is 2. The standard InChI is InChI=1S/C27H34N4O7/c1-27(2,3)38-26(36)30-11-9-16(10-12-30)37-17-13-15(14-17)28-19-6-4-5-18-22(19)25(35)31(24(18)34)20-7-8-21(32)29-23(20)33/h4-6,15-17,20,28H,7-14H2,1-3H3,(H,29,32,33). The molecule has 5 rings (SSSR count). The van der Waals surface area contributed by atoms with Gasteiger partial charge in [0.25, 0.3) is 11.8 Å². The first kappa shape index (κ1) is 26.1. The Morgan fingerprint density at radius 2 is 1.71 bits per heavy atom. The van der Waals surface area contributed by atoms with Gasteiger partial charge in [0.15, 0.2) is 0 Å². The number of benzene rings is 1. The van der Waals surface area contributed by atoms with E-state index in [-0.39, 0.29) is 48.3 Å². The number of rotatable bonds is 5. The minimum Gasteiger partial charge on any atom is -0.444 e. The van der Waals surface area contributed by atoms with Crippen molar-refractivity contribution < 1.29 is 33.4 Å². The van der Waals surface area contributed by atoms with Gasteiger partial charge in [-0.15, -0.1) is 0 Å². The van der Waals surface area contributed by atoms with Crippen LogP contribution in [0.15, 0.2) is 18.2 Å². The van der Waals surface area contributed by atoms with Gasteiger partial charge in [-0.3, -0.25) is 29.4 Å². The summed E-state index contributed by atoms with van der Waals surface area (Å²) in [5, 5.41) is 5.59. The van der Waals surface area contributed by atoms with Crippen molar-refractivity contribution in [1.82, 2.24) is 15.1 Å². The highest BCUT2D eigenvalue weighted by atomic mass is 16.6. The van der Waals surface area contributed by atoms with Crippen LogP contribution in [0.2, 0.25) is 0 Å². The molecule has 3 heterocycles. The Hall–Kier alpha value is -3.47. The number of amides is 5. The molecule has 11 nitrogen and oxygen atoms in total. The molecule has 0 aromatic heterocycles. The molecule has 0 radical (unpaired) electrons. The Labute approximate surface area is 221 Å². The van der Waals surface area contributed by atoms with Gasteiger partial charge < -0.3 is 19.7 Å². The molecule has 1 aliphatic carbocycles. The van der Waals surface area contributed by atoms with Crippen molar-refractivity contribution in [3.63, 3.8) is 0 Å². The molecule has 0 spiro atoms. The summed E-state index contributed by atoms with van der Waals surface area (Å²) in [6.45, 7) is 6.77. The molecule has 204 valence electrons. The first-order valence-corrected chi connectivity index (χ1v) is 13.2. The topological polar surface area (TPSA) is 134 Å². The minimum atomic E-state index is -0.990. The third-order valence-corrected chi connectivity index (χ3v) is 7.40. The molecule has 3 aliphatic heterocycles. The number of hydrogen-bond acceptors (Lipinski definition) is 8. The van der Waals surface area contributed by atoms with Gasteiger partial charge in [-0.25, -0.2) is 4.79 Å². The van der Waals surface area contributed by atoms with E-state index in [9.17, 15) is 24.0 Å². The van der Waals surface area contributed by atoms with Crippen molar-refractivity contribution in [2.24, 2.45) is 0 Å². The molecule has 38 heavy (non-hydrogen) atoms. The van der Waals surface area contributed by atoms with Crippen LogP contribution in [0.5, 0.6) is 0 Å². The van der Waals surface area contributed by atoms with Crippen LogP contribution >= 0.6 is 0 Å². The normalized spacial score (nSPS) is 26.1. The Bertz CT molecular complexity index is 1160. The van der Waals surface area contributed by atoms with Gasteiger partial charge in [0, 0.05) is 31.2 Å². The highest BCUT2D eigenvalue weighted by Gasteiger charge is 2.46. The molecule has 4 aliphatic rings. The maximum absolute atomic E-state index is 13.3. The third kappa shape index (κ3) is 5.24. The molecule has 2 N–H and O–H groups in total. The molecule has 2 saturated heterocycles. The van der Waals surface area contributed by atoms with E-state index < -0.39 is 35.3 Å². The number of piperidine rings is 2. The fraction of sp³-hybridized carbons (Fsp3) is 0.593. The molecular formula is C27H34N4O7. The lowest BCUT2D eigenvalue weighted by Gasteiger charge is -2.40. The van der Waals surface area contributed by atoms with Gasteiger partial charge in [-0.1, -0.05) is 6.07 Å². The van der Waals surface area contributed by atoms with Crippen LogP contribution in [0.25, 0.3) is 0 Å². The average Bonchev–Trinajstić information content (AvgIpc) is 3.08. The van der Waals surface area contributed by atoms with Crippen LogP contribution in [0.3, 0.4) is 0 Å². The molecule has 1 aromatic carbocycles. The number of carbonyl (C=O) groups is 5. The third-order valence-electron chi connectivity index (χ3n) is 7.40. The summed E-state index contributed by atoms with van der Waals surface area (Å²) in [7, 11) is 0. The number of nitrogens with one attached hydrogen (secondary N) is 2. The first-order valence-electron chi connectivity index (χ1n) is 13.2. The van der Waals surface area contributed by atoms with E-state index in [0.29, 0.717) is 18.8 Å². The average molecular weight is 527 g/mol. The van der Waals surface area contributed by atoms with E-state index in [4.69, 9.17) is 9.47 Å². The Morgan fingerprint density at radius 1 is 1.00 bits per heavy atom. The molecule has 1 aromatic rings. The van der Waals surface area contributed by atoms with Gasteiger partial charge in [0.1, 0.15) is 11.6 Å². The summed E-state index contributed by atoms with van der Waals surface area (Å²) in [6, 6.07) is 4.16. The lowest BCUT2D eigenvalue weighted by atomic mass is 9.88. The highest BCUT2D eigenvalue weighted by Crippen LogP contribution is 2.36. The van der Waals surface area contributed by atoms with Crippen LogP contribution in [-0.4, -0.2) is 82.5 Å². The maximum Gasteiger partial charge on any atom is 0.410 e. The van der Waals surface area contributed by atoms with Crippen molar-refractivity contribution >= 4 is 35.4 Å². The molecule has 5 amide bonds. The summed E-state index contributed by atoms with van der Waals surface area (Å²) in [6.07, 6.45) is 3.11. The molecule has 3 fully saturated rings. The largest absolute Gasteiger partial charge is 0.444 e. The Kier molecular flexibility index (Phi) is 6.89. The SMILES string of the molecule is CC(C)(C)OC(=O)N1CCC(OC2CC(Nc3cccc4c3C(=O)N(C3CCC(=O)NC3=O)C4=O)C2)CC1. The van der Waals surface area contributed by atoms with Gasteiger partial charge in [0.2, 0.25) is 11.8 Å². The molecule has 11 heteroatoms. The van der Waals surface area contributed by atoms with Gasteiger partial charge in [-0.2, -0.15) is 0 Å². The number of hydrogen-bond donors (Lipinski definition) is 2. The zero-order valence-electron chi connectivity index (χ0n) is 22.0. The number of anilines is 1. The Morgan fingerprint density at radius 3 is 2.37 bits per heavy atom. The van der Waals surface area contributed by atoms with Crippen molar-refractivity contribution in [3.05, 3.63) is 29.3 Å². The van der Waals surface area contributed by atoms with Crippen LogP contribution in [0, 0.1) is 0 Å². The van der Waals surface area contributed by atoms with Crippen LogP contribution < -0.4 is 10.6 Å². The zero-order chi connectivity index (χ0) is 27.2. The second kappa shape index (κ2) is 10.0. The predicted molar refractivity (Wildman–Crippen MR) is 135 cm³/mol. The van der Waals surface area contributed by atoms with E-state index in [1.54, 1.807) is 23.1 Å². The summed E-state index contributed by atoms with van der Waals surface area (Å²) in [4.78, 5) is 65.1. The lowest BCUT2D eigenvalue weighted by Crippen LogP contribution is -2.54. The predicted octanol–water partition coefficient (Wildman–Crippen LogP) is 2.45. The van der Waals surface area contributed by atoms with Crippen LogP contribution in [0.1, 0.15) is 80.0 Å². The van der Waals surface area contributed by atoms with E-state index >= 15 is 0 Å². The first-order chi connectivity index (χ1) is 18.0. The number of nitrogens with zero attached hydrogens (tertiary/aromatic N) is 2. The maximum atomic E-state index is 13.3. The van der Waals surface area contributed by atoms with E-state index in [2.05, 4.69) is 10.6 Å². The van der Waals surface area contributed by atoms with Crippen molar-refractivity contribution in [1.29, 1.82) is 0 Å². The Balaban J connectivity index is 1.13. The monoisotopic (exact) mass is 526 g/mol. The second-order valence-corrected chi connectivity index (χ2v) is 11.4. The minimum absolute atomic E-state index is 0.0818. The second-order valence-electron chi connectivity index (χ2n) is 11.4. The lowest BCUT2D eigenvalue weighted by molar-refractivity contribution is -0.136. The van der Waals surface area contributed by atoms with Crippen molar-refractivity contribution in [3.8, 4) is 0 Å². The molecule has 1 unspecified atom stereocenters. The molecule has 0 bridgehead atoms. The van der Waals surface area contributed by atoms with Gasteiger partial charge >= 0.3 is 6.09 Å². The summed E-state index contributed by atoms with van der Waals surface area (Å²) in [5.41, 5.74) is 0.567. The summed E-state index contributed by atoms with van der Waals surface area (Å²) in [5.74, 6) is -2.07. The van der Waals surface area contributed by atoms with E-state index in [0.717, 1.165) is 30.6 Å². The van der Waals surface area contributed by atoms with E-state index in [1.165, 1.54) is 0 Å². The van der Waals surface area contributed by atoms with Crippen LogP contribution in [0.4, 0.5) is 10.5 Å². The van der Waals surface area contributed by atoms with Gasteiger partial charge in [0.05, 0.1) is 23.3 Å². The zero-order valence-corrected chi connectivity index (χ0v) is 22.0. The number of carbonyl (C=O) groups excluding carboxylic acids is 5. The van der Waals surface area contributed by atoms with E-state index in [1.807, 2.05) is 20.8 Å². The number of likely N-dealkylation sites (tertiary alicyclic amines) is 1. The quantitative estimate of drug-likeness (QED) is 0.559. The van der Waals surface area contributed by atoms with Crippen LogP contribution in [-0.2, 0) is 19.1 Å². The molecular weight excluding hydrogens is 492 g/mol. The van der Waals surface area contributed by atoms with Crippen molar-refractivity contribution in [2.45, 2.75) is 89.2 Å². The fourth-order valence-electron chi connectivity index (χ4n) is 5.42. The van der Waals surface area contributed by atoms with Crippen molar-refractivity contribution in [2.75, 3.05) is 18.4 Å². The summed E-state index contributed by atoms with van der Waals surface area (Å²) >= 11 is 0. The molecule has 1 atom stereocenters. The van der Waals surface area contributed by atoms with Gasteiger partial charge in [-0.05, 0) is 65.0 Å². The number of fused-ring (bicyclic) bond motifs is 1.